The number of hydrogen-bond acceptors (Lipinski definition) is 9. The van der Waals surface area contributed by atoms with Gasteiger partial charge in [0.2, 0.25) is 11.3 Å². The number of nitrogens with zero attached hydrogens (tertiary/aromatic N) is 4. The molecule has 2 aromatic heterocycles. The van der Waals surface area contributed by atoms with Gasteiger partial charge in [-0.1, -0.05) is 37.8 Å². The van der Waals surface area contributed by atoms with Gasteiger partial charge in [-0.2, -0.15) is 0 Å². The van der Waals surface area contributed by atoms with E-state index >= 15 is 0 Å². The van der Waals surface area contributed by atoms with Crippen molar-refractivity contribution in [3.05, 3.63) is 89.6 Å². The van der Waals surface area contributed by atoms with Gasteiger partial charge in [0.15, 0.2) is 16.9 Å². The highest BCUT2D eigenvalue weighted by Crippen LogP contribution is 2.31. The smallest absolute Gasteiger partial charge is 0.257 e. The summed E-state index contributed by atoms with van der Waals surface area (Å²) in [7, 11) is 0. The minimum absolute atomic E-state index is 0.148. The van der Waals surface area contributed by atoms with E-state index in [1.807, 2.05) is 37.0 Å². The van der Waals surface area contributed by atoms with E-state index in [9.17, 15) is 14.5 Å². The van der Waals surface area contributed by atoms with Gasteiger partial charge < -0.3 is 34.9 Å². The molecule has 3 aromatic rings. The molecule has 1 unspecified atom stereocenters. The number of aromatic hydroxyl groups is 1. The Morgan fingerprint density at radius 3 is 2.72 bits per heavy atom. The number of para-hydroxylation sites is 1. The van der Waals surface area contributed by atoms with E-state index in [1.54, 1.807) is 41.3 Å². The number of phenols is 1. The molecule has 11 nitrogen and oxygen atoms in total. The molecular formula is C27H33N7O4S. The molecule has 2 atom stereocenters. The van der Waals surface area contributed by atoms with E-state index in [1.165, 1.54) is 0 Å². The van der Waals surface area contributed by atoms with Crippen molar-refractivity contribution < 1.29 is 18.9 Å². The molecule has 0 aliphatic carbocycles. The number of phenolic OH excluding ortho intramolecular Hbond substituents is 1. The number of rotatable bonds is 9. The van der Waals surface area contributed by atoms with Crippen LogP contribution in [0.2, 0.25) is 0 Å². The summed E-state index contributed by atoms with van der Waals surface area (Å²) in [6.45, 7) is 9.49. The first-order chi connectivity index (χ1) is 18.8. The van der Waals surface area contributed by atoms with Gasteiger partial charge in [0.05, 0.1) is 17.1 Å². The number of benzene rings is 1. The first-order valence-electron chi connectivity index (χ1n) is 12.6. The molecule has 3 heterocycles. The number of nitrogens with one attached hydrogen (secondary N) is 2. The lowest BCUT2D eigenvalue weighted by atomic mass is 10.1. The Hall–Kier alpha value is -4.29. The summed E-state index contributed by atoms with van der Waals surface area (Å²) in [5, 5.41) is 14.0. The summed E-state index contributed by atoms with van der Waals surface area (Å²) < 4.78 is 24.7. The quantitative estimate of drug-likeness (QED) is 0.177. The highest BCUT2D eigenvalue weighted by atomic mass is 32.2. The summed E-state index contributed by atoms with van der Waals surface area (Å²) in [6.07, 6.45) is 7.71. The number of hydrogen-bond donors (Lipinski definition) is 4. The first-order valence-corrected chi connectivity index (χ1v) is 13.7. The average Bonchev–Trinajstić information content (AvgIpc) is 3.52. The third-order valence-electron chi connectivity index (χ3n) is 6.31. The molecule has 0 radical (unpaired) electrons. The van der Waals surface area contributed by atoms with Crippen LogP contribution in [0.4, 0.5) is 11.5 Å². The van der Waals surface area contributed by atoms with Gasteiger partial charge in [0, 0.05) is 30.6 Å². The van der Waals surface area contributed by atoms with Crippen LogP contribution in [0.25, 0.3) is 0 Å². The van der Waals surface area contributed by atoms with Crippen molar-refractivity contribution in [2.75, 3.05) is 31.5 Å². The van der Waals surface area contributed by atoms with E-state index in [4.69, 9.17) is 10.2 Å². The first kappa shape index (κ1) is 27.7. The molecule has 1 fully saturated rings. The third kappa shape index (κ3) is 6.59. The Morgan fingerprint density at radius 1 is 1.31 bits per heavy atom. The summed E-state index contributed by atoms with van der Waals surface area (Å²) in [5.41, 5.74) is 6.80. The molecule has 0 spiro atoms. The normalized spacial score (nSPS) is 16.1. The zero-order valence-electron chi connectivity index (χ0n) is 22.0. The molecule has 206 valence electrons. The number of carbonyl (C=O) groups excluding carboxylic acids is 1. The molecule has 39 heavy (non-hydrogen) atoms. The predicted octanol–water partition coefficient (Wildman–Crippen LogP) is 3.84. The fourth-order valence-corrected chi connectivity index (χ4v) is 4.87. The van der Waals surface area contributed by atoms with E-state index in [0.29, 0.717) is 44.2 Å². The maximum absolute atomic E-state index is 13.3. The molecule has 1 saturated heterocycles. The number of H-pyrrole nitrogens is 1. The van der Waals surface area contributed by atoms with Gasteiger partial charge in [-0.25, -0.2) is 4.99 Å². The van der Waals surface area contributed by atoms with Crippen LogP contribution >= 0.6 is 11.1 Å². The van der Waals surface area contributed by atoms with E-state index in [2.05, 4.69) is 25.6 Å². The summed E-state index contributed by atoms with van der Waals surface area (Å²) in [4.78, 5) is 21.6. The van der Waals surface area contributed by atoms with Gasteiger partial charge in [0.1, 0.15) is 17.6 Å². The van der Waals surface area contributed by atoms with Gasteiger partial charge in [-0.15, -0.1) is 4.37 Å². The fourth-order valence-electron chi connectivity index (χ4n) is 4.21. The van der Waals surface area contributed by atoms with Crippen molar-refractivity contribution in [2.24, 2.45) is 10.7 Å². The molecule has 1 amide bonds. The maximum atomic E-state index is 13.3. The molecule has 0 saturated carbocycles. The molecule has 12 heteroatoms. The van der Waals surface area contributed by atoms with Crippen LogP contribution in [0.1, 0.15) is 41.3 Å². The predicted molar refractivity (Wildman–Crippen MR) is 150 cm³/mol. The van der Waals surface area contributed by atoms with Crippen LogP contribution in [-0.4, -0.2) is 60.3 Å². The minimum atomic E-state index is -1.73. The number of piperazine rings is 1. The molecular weight excluding hydrogens is 518 g/mol. The number of carbonyl (C=O) groups is 1. The molecule has 4 rings (SSSR count). The van der Waals surface area contributed by atoms with Gasteiger partial charge >= 0.3 is 0 Å². The van der Waals surface area contributed by atoms with Crippen LogP contribution in [0.5, 0.6) is 5.75 Å². The Morgan fingerprint density at radius 2 is 2.05 bits per heavy atom. The zero-order valence-corrected chi connectivity index (χ0v) is 22.8. The second-order valence-electron chi connectivity index (χ2n) is 8.96. The van der Waals surface area contributed by atoms with Gasteiger partial charge in [-0.3, -0.25) is 4.79 Å². The molecule has 1 aliphatic heterocycles. The van der Waals surface area contributed by atoms with Gasteiger partial charge in [0.25, 0.3) is 5.91 Å². The number of aryl methyl sites for hydroxylation is 1. The number of anilines is 2. The van der Waals surface area contributed by atoms with Crippen LogP contribution in [0.15, 0.2) is 76.4 Å². The van der Waals surface area contributed by atoms with Crippen molar-refractivity contribution >= 4 is 28.6 Å². The summed E-state index contributed by atoms with van der Waals surface area (Å²) >= 11 is -1.73. The summed E-state index contributed by atoms with van der Waals surface area (Å²) in [5.74, 6) is 1.73. The molecule has 0 bridgehead atoms. The van der Waals surface area contributed by atoms with Crippen LogP contribution in [0.3, 0.4) is 0 Å². The molecule has 5 N–H and O–H groups in total. The lowest BCUT2D eigenvalue weighted by Crippen LogP contribution is -2.49. The SMILES string of the molecule is C=C/C=C\C=C(/N)N1CCN(C(=O)c2cccc(Nc3n[s+]([O-])[nH]c3=N[C@H](CC)c3ccc(C)o3)c2O)CC1. The second kappa shape index (κ2) is 12.5. The lowest BCUT2D eigenvalue weighted by Gasteiger charge is -2.36. The number of furan rings is 1. The topological polar surface area (TPSA) is 159 Å². The highest BCUT2D eigenvalue weighted by Gasteiger charge is 2.26. The number of aromatic nitrogens is 2. The van der Waals surface area contributed by atoms with Crippen molar-refractivity contribution in [3.63, 3.8) is 0 Å². The Labute approximate surface area is 229 Å². The fraction of sp³-hybridized carbons (Fsp3) is 0.296. The monoisotopic (exact) mass is 551 g/mol. The number of amides is 1. The second-order valence-corrected chi connectivity index (χ2v) is 9.84. The van der Waals surface area contributed by atoms with Crippen molar-refractivity contribution in [3.8, 4) is 5.75 Å². The third-order valence-corrected chi connectivity index (χ3v) is 7.03. The standard InChI is InChI=1S/C27H33N7O4S/c1-4-6-7-11-23(28)33-14-16-34(17-15-33)27(36)19-9-8-10-21(24(19)35)30-26-25(31-39(37)32-26)29-20(5-2)22-13-12-18(3)38-22/h4,6-13,20,35H,1,5,14-17,28H2,2-3H3,(H,29,31)(H,30,32)/b7-6-,23-11+/t20-,39?/m1/s1. The molecule has 1 aromatic carbocycles. The lowest BCUT2D eigenvalue weighted by molar-refractivity contribution is 0.0665. The Bertz CT molecular complexity index is 1440. The zero-order chi connectivity index (χ0) is 27.9. The van der Waals surface area contributed by atoms with E-state index in [-0.39, 0.29) is 40.3 Å². The number of aromatic amines is 1. The van der Waals surface area contributed by atoms with Crippen LogP contribution < -0.4 is 16.5 Å². The number of allylic oxidation sites excluding steroid dienone is 4. The average molecular weight is 552 g/mol. The largest absolute Gasteiger partial charge is 0.548 e. The van der Waals surface area contributed by atoms with Crippen molar-refractivity contribution in [1.29, 1.82) is 0 Å². The highest BCUT2D eigenvalue weighted by molar-refractivity contribution is 7.13. The minimum Gasteiger partial charge on any atom is -0.548 e. The van der Waals surface area contributed by atoms with Gasteiger partial charge in [-0.05, 0) is 43.7 Å². The van der Waals surface area contributed by atoms with Crippen LogP contribution in [0, 0.1) is 6.92 Å². The van der Waals surface area contributed by atoms with Crippen molar-refractivity contribution in [1.82, 2.24) is 18.5 Å². The van der Waals surface area contributed by atoms with E-state index < -0.39 is 11.1 Å². The summed E-state index contributed by atoms with van der Waals surface area (Å²) in [6, 6.07) is 8.24. The maximum Gasteiger partial charge on any atom is 0.257 e. The van der Waals surface area contributed by atoms with E-state index in [0.717, 1.165) is 5.76 Å². The van der Waals surface area contributed by atoms with Crippen molar-refractivity contribution in [2.45, 2.75) is 26.3 Å². The van der Waals surface area contributed by atoms with Crippen LogP contribution in [-0.2, 0) is 0 Å². The number of nitrogens with two attached hydrogens (primary N) is 1. The molecule has 1 aliphatic rings. The Kier molecular flexibility index (Phi) is 8.89. The Balaban J connectivity index is 1.51.